The van der Waals surface area contributed by atoms with E-state index in [9.17, 15) is 9.18 Å². The molecule has 5 heteroatoms. The zero-order chi connectivity index (χ0) is 13.0. The third-order valence-corrected chi connectivity index (χ3v) is 2.54. The van der Waals surface area contributed by atoms with E-state index in [-0.39, 0.29) is 11.6 Å². The van der Waals surface area contributed by atoms with E-state index in [1.165, 1.54) is 18.3 Å². The molecule has 0 radical (unpaired) electrons. The van der Waals surface area contributed by atoms with Gasteiger partial charge in [0.25, 0.3) is 5.91 Å². The maximum Gasteiger partial charge on any atom is 0.256 e. The molecule has 2 rings (SSSR count). The molecule has 0 aromatic carbocycles. The molecule has 1 unspecified atom stereocenters. The number of hydrogen-bond acceptors (Lipinski definition) is 3. The average molecular weight is 245 g/mol. The summed E-state index contributed by atoms with van der Waals surface area (Å²) in [5.74, 6) is -1.26. The van der Waals surface area contributed by atoms with Crippen LogP contribution in [-0.4, -0.2) is 15.9 Å². The van der Waals surface area contributed by atoms with Crippen LogP contribution in [0.3, 0.4) is 0 Å². The molecule has 92 valence electrons. The van der Waals surface area contributed by atoms with E-state index >= 15 is 0 Å². The first-order chi connectivity index (χ1) is 8.68. The number of rotatable bonds is 3. The summed E-state index contributed by atoms with van der Waals surface area (Å²) in [5.41, 5.74) is 0.795. The highest BCUT2D eigenvalue weighted by atomic mass is 19.1. The second-order valence-electron chi connectivity index (χ2n) is 3.82. The summed E-state index contributed by atoms with van der Waals surface area (Å²) in [6.45, 7) is 1.81. The van der Waals surface area contributed by atoms with E-state index in [4.69, 9.17) is 0 Å². The Kier molecular flexibility index (Phi) is 3.62. The molecular formula is C13H12FN3O. The zero-order valence-corrected chi connectivity index (χ0v) is 9.80. The quantitative estimate of drug-likeness (QED) is 0.842. The molecule has 0 bridgehead atoms. The van der Waals surface area contributed by atoms with Crippen molar-refractivity contribution in [1.29, 1.82) is 0 Å². The fourth-order valence-electron chi connectivity index (χ4n) is 1.55. The summed E-state index contributed by atoms with van der Waals surface area (Å²) < 4.78 is 13.3. The molecule has 0 fully saturated rings. The van der Waals surface area contributed by atoms with Gasteiger partial charge in [-0.25, -0.2) is 4.98 Å². The molecule has 0 spiro atoms. The van der Waals surface area contributed by atoms with E-state index in [1.54, 1.807) is 18.5 Å². The van der Waals surface area contributed by atoms with Crippen molar-refractivity contribution in [3.63, 3.8) is 0 Å². The number of pyridine rings is 2. The van der Waals surface area contributed by atoms with Crippen LogP contribution in [0.15, 0.2) is 42.9 Å². The maximum absolute atomic E-state index is 13.3. The Hall–Kier alpha value is -2.30. The Bertz CT molecular complexity index is 545. The molecule has 0 aliphatic rings. The predicted molar refractivity (Wildman–Crippen MR) is 64.3 cm³/mol. The van der Waals surface area contributed by atoms with Gasteiger partial charge in [-0.2, -0.15) is 4.39 Å². The highest BCUT2D eigenvalue weighted by Crippen LogP contribution is 2.11. The van der Waals surface area contributed by atoms with Gasteiger partial charge >= 0.3 is 0 Å². The number of halogens is 1. The molecule has 2 aromatic rings. The molecule has 1 amide bonds. The van der Waals surface area contributed by atoms with Gasteiger partial charge < -0.3 is 5.32 Å². The molecule has 0 saturated carbocycles. The number of carbonyl (C=O) groups excluding carboxylic acids is 1. The lowest BCUT2D eigenvalue weighted by Crippen LogP contribution is -2.27. The molecule has 2 heterocycles. The van der Waals surface area contributed by atoms with Crippen LogP contribution in [0, 0.1) is 5.95 Å². The number of amides is 1. The van der Waals surface area contributed by atoms with Crippen molar-refractivity contribution in [3.05, 3.63) is 59.9 Å². The summed E-state index contributed by atoms with van der Waals surface area (Å²) in [6.07, 6.45) is 4.61. The van der Waals surface area contributed by atoms with Crippen LogP contribution in [0.25, 0.3) is 0 Å². The van der Waals surface area contributed by atoms with Gasteiger partial charge in [0.15, 0.2) is 0 Å². The Morgan fingerprint density at radius 2 is 2.11 bits per heavy atom. The minimum absolute atomic E-state index is 0.0618. The van der Waals surface area contributed by atoms with E-state index in [0.29, 0.717) is 0 Å². The first kappa shape index (κ1) is 12.2. The van der Waals surface area contributed by atoms with Gasteiger partial charge in [0.2, 0.25) is 5.95 Å². The normalized spacial score (nSPS) is 11.9. The Balaban J connectivity index is 2.11. The highest BCUT2D eigenvalue weighted by Gasteiger charge is 2.15. The lowest BCUT2D eigenvalue weighted by Gasteiger charge is -2.13. The van der Waals surface area contributed by atoms with Gasteiger partial charge in [0, 0.05) is 18.6 Å². The van der Waals surface area contributed by atoms with Gasteiger partial charge in [0.05, 0.1) is 11.6 Å². The third kappa shape index (κ3) is 2.68. The summed E-state index contributed by atoms with van der Waals surface area (Å²) in [7, 11) is 0. The molecule has 1 atom stereocenters. The SMILES string of the molecule is CC(NC(=O)c1cccnc1F)c1cccnc1. The number of nitrogens with zero attached hydrogens (tertiary/aromatic N) is 2. The van der Waals surface area contributed by atoms with Crippen molar-refractivity contribution in [3.8, 4) is 0 Å². The molecule has 4 nitrogen and oxygen atoms in total. The lowest BCUT2D eigenvalue weighted by molar-refractivity contribution is 0.0935. The van der Waals surface area contributed by atoms with Crippen LogP contribution in [0.4, 0.5) is 4.39 Å². The molecule has 18 heavy (non-hydrogen) atoms. The van der Waals surface area contributed by atoms with E-state index in [1.807, 2.05) is 13.0 Å². The third-order valence-electron chi connectivity index (χ3n) is 2.54. The summed E-state index contributed by atoms with van der Waals surface area (Å²) in [4.78, 5) is 19.2. The average Bonchev–Trinajstić information content (AvgIpc) is 2.40. The number of aromatic nitrogens is 2. The first-order valence-corrected chi connectivity index (χ1v) is 5.50. The monoisotopic (exact) mass is 245 g/mol. The number of hydrogen-bond donors (Lipinski definition) is 1. The summed E-state index contributed by atoms with van der Waals surface area (Å²) >= 11 is 0. The van der Waals surface area contributed by atoms with Gasteiger partial charge in [-0.1, -0.05) is 6.07 Å². The Morgan fingerprint density at radius 1 is 1.33 bits per heavy atom. The van der Waals surface area contributed by atoms with Crippen molar-refractivity contribution < 1.29 is 9.18 Å². The predicted octanol–water partition coefficient (Wildman–Crippen LogP) is 2.11. The largest absolute Gasteiger partial charge is 0.345 e. The molecule has 0 saturated heterocycles. The lowest BCUT2D eigenvalue weighted by atomic mass is 10.1. The van der Waals surface area contributed by atoms with Crippen LogP contribution in [0.5, 0.6) is 0 Å². The smallest absolute Gasteiger partial charge is 0.256 e. The molecule has 0 aliphatic carbocycles. The second kappa shape index (κ2) is 5.35. The molecule has 2 aromatic heterocycles. The maximum atomic E-state index is 13.3. The van der Waals surface area contributed by atoms with Gasteiger partial charge in [-0.15, -0.1) is 0 Å². The molecule has 0 aliphatic heterocycles. The zero-order valence-electron chi connectivity index (χ0n) is 9.80. The van der Waals surface area contributed by atoms with E-state index in [2.05, 4.69) is 15.3 Å². The molecular weight excluding hydrogens is 233 g/mol. The molecule has 1 N–H and O–H groups in total. The number of nitrogens with one attached hydrogen (secondary N) is 1. The van der Waals surface area contributed by atoms with Crippen LogP contribution >= 0.6 is 0 Å². The fourth-order valence-corrected chi connectivity index (χ4v) is 1.55. The fraction of sp³-hybridized carbons (Fsp3) is 0.154. The van der Waals surface area contributed by atoms with Crippen molar-refractivity contribution in [1.82, 2.24) is 15.3 Å². The van der Waals surface area contributed by atoms with Crippen molar-refractivity contribution in [2.75, 3.05) is 0 Å². The second-order valence-corrected chi connectivity index (χ2v) is 3.82. The topological polar surface area (TPSA) is 54.9 Å². The van der Waals surface area contributed by atoms with Crippen LogP contribution in [0.2, 0.25) is 0 Å². The van der Waals surface area contributed by atoms with Crippen LogP contribution in [0.1, 0.15) is 28.9 Å². The minimum Gasteiger partial charge on any atom is -0.345 e. The van der Waals surface area contributed by atoms with Crippen molar-refractivity contribution >= 4 is 5.91 Å². The van der Waals surface area contributed by atoms with Crippen molar-refractivity contribution in [2.45, 2.75) is 13.0 Å². The van der Waals surface area contributed by atoms with E-state index < -0.39 is 11.9 Å². The number of carbonyl (C=O) groups is 1. The van der Waals surface area contributed by atoms with Crippen LogP contribution < -0.4 is 5.32 Å². The Morgan fingerprint density at radius 3 is 2.78 bits per heavy atom. The van der Waals surface area contributed by atoms with Gasteiger partial charge in [0.1, 0.15) is 0 Å². The minimum atomic E-state index is -0.770. The first-order valence-electron chi connectivity index (χ1n) is 5.50. The van der Waals surface area contributed by atoms with Gasteiger partial charge in [-0.3, -0.25) is 9.78 Å². The van der Waals surface area contributed by atoms with E-state index in [0.717, 1.165) is 5.56 Å². The summed E-state index contributed by atoms with van der Waals surface area (Å²) in [6, 6.07) is 6.30. The highest BCUT2D eigenvalue weighted by molar-refractivity contribution is 5.94. The van der Waals surface area contributed by atoms with Crippen molar-refractivity contribution in [2.24, 2.45) is 0 Å². The summed E-state index contributed by atoms with van der Waals surface area (Å²) in [5, 5.41) is 2.69. The van der Waals surface area contributed by atoms with Crippen LogP contribution in [-0.2, 0) is 0 Å². The van der Waals surface area contributed by atoms with Gasteiger partial charge in [-0.05, 0) is 30.7 Å². The Labute approximate surface area is 104 Å². The standard InChI is InChI=1S/C13H12FN3O/c1-9(10-4-2-6-15-8-10)17-13(18)11-5-3-7-16-12(11)14/h2-9H,1H3,(H,17,18).